The molecule has 0 spiro atoms. The maximum absolute atomic E-state index is 6.15. The van der Waals surface area contributed by atoms with Crippen LogP contribution in [0, 0.1) is 0 Å². The van der Waals surface area contributed by atoms with Gasteiger partial charge in [-0.1, -0.05) is 29.8 Å². The SMILES string of the molecule is COc1ccc(NCc2cccc3c2NCCC3)cc1Cl. The summed E-state index contributed by atoms with van der Waals surface area (Å²) in [5.41, 5.74) is 4.98. The predicted molar refractivity (Wildman–Crippen MR) is 88.6 cm³/mol. The fraction of sp³-hybridized carbons (Fsp3) is 0.294. The molecule has 2 aromatic rings. The minimum Gasteiger partial charge on any atom is -0.495 e. The van der Waals surface area contributed by atoms with Crippen LogP contribution in [0.1, 0.15) is 17.5 Å². The lowest BCUT2D eigenvalue weighted by atomic mass is 9.99. The number of hydrogen-bond donors (Lipinski definition) is 2. The van der Waals surface area contributed by atoms with Gasteiger partial charge in [-0.2, -0.15) is 0 Å². The van der Waals surface area contributed by atoms with E-state index in [1.165, 1.54) is 23.2 Å². The van der Waals surface area contributed by atoms with E-state index in [2.05, 4.69) is 28.8 Å². The van der Waals surface area contributed by atoms with E-state index in [0.29, 0.717) is 10.8 Å². The van der Waals surface area contributed by atoms with E-state index in [-0.39, 0.29) is 0 Å². The summed E-state index contributed by atoms with van der Waals surface area (Å²) in [6.45, 7) is 1.83. The Labute approximate surface area is 130 Å². The van der Waals surface area contributed by atoms with Crippen molar-refractivity contribution in [1.29, 1.82) is 0 Å². The number of rotatable bonds is 4. The Morgan fingerprint density at radius 1 is 1.29 bits per heavy atom. The van der Waals surface area contributed by atoms with Gasteiger partial charge in [0.15, 0.2) is 0 Å². The van der Waals surface area contributed by atoms with Crippen molar-refractivity contribution in [3.05, 3.63) is 52.5 Å². The lowest BCUT2D eigenvalue weighted by Gasteiger charge is -2.21. The van der Waals surface area contributed by atoms with E-state index >= 15 is 0 Å². The van der Waals surface area contributed by atoms with Crippen molar-refractivity contribution in [3.8, 4) is 5.75 Å². The van der Waals surface area contributed by atoms with Crippen molar-refractivity contribution in [2.75, 3.05) is 24.3 Å². The van der Waals surface area contributed by atoms with E-state index in [9.17, 15) is 0 Å². The number of anilines is 2. The van der Waals surface area contributed by atoms with Gasteiger partial charge in [0.05, 0.1) is 12.1 Å². The van der Waals surface area contributed by atoms with Crippen molar-refractivity contribution in [2.45, 2.75) is 19.4 Å². The van der Waals surface area contributed by atoms with E-state index in [0.717, 1.165) is 25.2 Å². The molecule has 0 atom stereocenters. The number of para-hydroxylation sites is 1. The van der Waals surface area contributed by atoms with Gasteiger partial charge < -0.3 is 15.4 Å². The molecule has 0 saturated heterocycles. The van der Waals surface area contributed by atoms with Crippen LogP contribution in [-0.4, -0.2) is 13.7 Å². The maximum atomic E-state index is 6.15. The van der Waals surface area contributed by atoms with Gasteiger partial charge in [0, 0.05) is 24.5 Å². The molecule has 4 heteroatoms. The minimum atomic E-state index is 0.621. The molecule has 0 radical (unpaired) electrons. The van der Waals surface area contributed by atoms with E-state index in [1.807, 2.05) is 18.2 Å². The summed E-state index contributed by atoms with van der Waals surface area (Å²) >= 11 is 6.15. The standard InChI is InChI=1S/C17H19ClN2O/c1-21-16-8-7-14(10-15(16)18)20-11-13-5-2-4-12-6-3-9-19-17(12)13/h2,4-5,7-8,10,19-20H,3,6,9,11H2,1H3. The monoisotopic (exact) mass is 302 g/mol. The molecule has 0 bridgehead atoms. The van der Waals surface area contributed by atoms with Crippen LogP contribution in [0.15, 0.2) is 36.4 Å². The van der Waals surface area contributed by atoms with Gasteiger partial charge in [0.25, 0.3) is 0 Å². The Hall–Kier alpha value is -1.87. The third kappa shape index (κ3) is 3.08. The summed E-state index contributed by atoms with van der Waals surface area (Å²) in [7, 11) is 1.62. The van der Waals surface area contributed by atoms with Gasteiger partial charge >= 0.3 is 0 Å². The Kier molecular flexibility index (Phi) is 4.20. The van der Waals surface area contributed by atoms with Gasteiger partial charge in [-0.15, -0.1) is 0 Å². The predicted octanol–water partition coefficient (Wildman–Crippen LogP) is 4.32. The Morgan fingerprint density at radius 3 is 3.00 bits per heavy atom. The largest absolute Gasteiger partial charge is 0.495 e. The summed E-state index contributed by atoms with van der Waals surface area (Å²) in [6.07, 6.45) is 2.36. The fourth-order valence-corrected chi connectivity index (χ4v) is 2.96. The van der Waals surface area contributed by atoms with Gasteiger partial charge in [-0.05, 0) is 42.2 Å². The lowest BCUT2D eigenvalue weighted by molar-refractivity contribution is 0.415. The molecule has 0 saturated carbocycles. The average molecular weight is 303 g/mol. The molecule has 0 aliphatic carbocycles. The zero-order chi connectivity index (χ0) is 14.7. The molecule has 1 heterocycles. The van der Waals surface area contributed by atoms with Gasteiger partial charge in [0.1, 0.15) is 5.75 Å². The van der Waals surface area contributed by atoms with Crippen LogP contribution in [-0.2, 0) is 13.0 Å². The lowest BCUT2D eigenvalue weighted by Crippen LogP contribution is -2.14. The Balaban J connectivity index is 1.75. The zero-order valence-electron chi connectivity index (χ0n) is 12.1. The number of ether oxygens (including phenoxy) is 1. The number of fused-ring (bicyclic) bond motifs is 1. The zero-order valence-corrected chi connectivity index (χ0v) is 12.8. The number of hydrogen-bond acceptors (Lipinski definition) is 3. The van der Waals surface area contributed by atoms with Gasteiger partial charge in [-0.25, -0.2) is 0 Å². The smallest absolute Gasteiger partial charge is 0.137 e. The highest BCUT2D eigenvalue weighted by atomic mass is 35.5. The summed E-state index contributed by atoms with van der Waals surface area (Å²) in [4.78, 5) is 0. The van der Waals surface area contributed by atoms with E-state index in [1.54, 1.807) is 7.11 Å². The molecule has 2 aromatic carbocycles. The topological polar surface area (TPSA) is 33.3 Å². The van der Waals surface area contributed by atoms with Crippen molar-refractivity contribution in [3.63, 3.8) is 0 Å². The number of methoxy groups -OCH3 is 1. The first kappa shape index (κ1) is 14.1. The average Bonchev–Trinajstić information content (AvgIpc) is 2.53. The van der Waals surface area contributed by atoms with Crippen LogP contribution in [0.3, 0.4) is 0 Å². The molecule has 3 rings (SSSR count). The molecule has 21 heavy (non-hydrogen) atoms. The second-order valence-corrected chi connectivity index (χ2v) is 5.59. The molecule has 0 aromatic heterocycles. The van der Waals surface area contributed by atoms with Crippen LogP contribution in [0.4, 0.5) is 11.4 Å². The number of aryl methyl sites for hydroxylation is 1. The second kappa shape index (κ2) is 6.27. The number of nitrogens with one attached hydrogen (secondary N) is 2. The fourth-order valence-electron chi connectivity index (χ4n) is 2.70. The molecule has 0 amide bonds. The first-order chi connectivity index (χ1) is 10.3. The molecule has 110 valence electrons. The third-order valence-corrected chi connectivity index (χ3v) is 4.09. The van der Waals surface area contributed by atoms with Crippen LogP contribution in [0.2, 0.25) is 5.02 Å². The molecule has 0 fully saturated rings. The first-order valence-electron chi connectivity index (χ1n) is 7.20. The van der Waals surface area contributed by atoms with Gasteiger partial charge in [-0.3, -0.25) is 0 Å². The molecule has 0 unspecified atom stereocenters. The Morgan fingerprint density at radius 2 is 2.19 bits per heavy atom. The maximum Gasteiger partial charge on any atom is 0.137 e. The Bertz CT molecular complexity index is 643. The van der Waals surface area contributed by atoms with Gasteiger partial charge in [0.2, 0.25) is 0 Å². The second-order valence-electron chi connectivity index (χ2n) is 5.18. The van der Waals surface area contributed by atoms with Crippen LogP contribution in [0.5, 0.6) is 5.75 Å². The van der Waals surface area contributed by atoms with Crippen LogP contribution in [0.25, 0.3) is 0 Å². The summed E-state index contributed by atoms with van der Waals surface area (Å²) in [5, 5.41) is 7.56. The first-order valence-corrected chi connectivity index (χ1v) is 7.58. The third-order valence-electron chi connectivity index (χ3n) is 3.80. The van der Waals surface area contributed by atoms with Crippen LogP contribution >= 0.6 is 11.6 Å². The van der Waals surface area contributed by atoms with E-state index in [4.69, 9.17) is 16.3 Å². The minimum absolute atomic E-state index is 0.621. The molecule has 1 aliphatic rings. The van der Waals surface area contributed by atoms with Crippen LogP contribution < -0.4 is 15.4 Å². The molecule has 1 aliphatic heterocycles. The summed E-state index contributed by atoms with van der Waals surface area (Å²) in [5.74, 6) is 0.695. The number of halogens is 1. The highest BCUT2D eigenvalue weighted by molar-refractivity contribution is 6.32. The highest BCUT2D eigenvalue weighted by Crippen LogP contribution is 2.29. The number of benzene rings is 2. The van der Waals surface area contributed by atoms with Crippen molar-refractivity contribution < 1.29 is 4.74 Å². The normalized spacial score (nSPS) is 13.2. The van der Waals surface area contributed by atoms with Crippen molar-refractivity contribution in [1.82, 2.24) is 0 Å². The van der Waals surface area contributed by atoms with Crippen molar-refractivity contribution >= 4 is 23.0 Å². The van der Waals surface area contributed by atoms with Crippen molar-refractivity contribution in [2.24, 2.45) is 0 Å². The molecule has 3 nitrogen and oxygen atoms in total. The highest BCUT2D eigenvalue weighted by Gasteiger charge is 2.12. The summed E-state index contributed by atoms with van der Waals surface area (Å²) < 4.78 is 5.17. The van der Waals surface area contributed by atoms with E-state index < -0.39 is 0 Å². The molecular formula is C17H19ClN2O. The molecular weight excluding hydrogens is 284 g/mol. The summed E-state index contributed by atoms with van der Waals surface area (Å²) in [6, 6.07) is 12.2. The quantitative estimate of drug-likeness (QED) is 0.882. The molecule has 2 N–H and O–H groups in total.